The van der Waals surface area contributed by atoms with Crippen LogP contribution in [0.2, 0.25) is 0 Å². The molecule has 4 heteroatoms. The molecule has 0 radical (unpaired) electrons. The first-order valence-electron chi connectivity index (χ1n) is 7.99. The molecule has 1 unspecified atom stereocenters. The van der Waals surface area contributed by atoms with E-state index in [1.807, 2.05) is 13.8 Å². The molecule has 1 saturated carbocycles. The Labute approximate surface area is 121 Å². The highest BCUT2D eigenvalue weighted by atomic mass is 16.3. The van der Waals surface area contributed by atoms with Gasteiger partial charge in [0, 0.05) is 19.1 Å². The lowest BCUT2D eigenvalue weighted by molar-refractivity contribution is -0.145. The summed E-state index contributed by atoms with van der Waals surface area (Å²) in [6, 6.07) is -0.150. The summed E-state index contributed by atoms with van der Waals surface area (Å²) in [6.45, 7) is 4.05. The lowest BCUT2D eigenvalue weighted by atomic mass is 9.79. The summed E-state index contributed by atoms with van der Waals surface area (Å²) in [5.74, 6) is 0.205. The molecule has 1 aliphatic heterocycles. The molecule has 114 valence electrons. The molecule has 4 nitrogen and oxygen atoms in total. The summed E-state index contributed by atoms with van der Waals surface area (Å²) in [5.41, 5.74) is -0.420. The van der Waals surface area contributed by atoms with Crippen molar-refractivity contribution in [3.8, 4) is 0 Å². The number of rotatable bonds is 4. The molecule has 20 heavy (non-hydrogen) atoms. The molecule has 2 rings (SSSR count). The van der Waals surface area contributed by atoms with Crippen LogP contribution in [0.5, 0.6) is 0 Å². The van der Waals surface area contributed by atoms with Gasteiger partial charge in [0.2, 0.25) is 11.8 Å². The van der Waals surface area contributed by atoms with Gasteiger partial charge in [0.1, 0.15) is 0 Å². The van der Waals surface area contributed by atoms with Gasteiger partial charge in [0.05, 0.1) is 5.41 Å². The lowest BCUT2D eigenvalue weighted by Gasteiger charge is -2.32. The van der Waals surface area contributed by atoms with Crippen LogP contribution in [0.1, 0.15) is 65.2 Å². The predicted molar refractivity (Wildman–Crippen MR) is 76.9 cm³/mol. The minimum Gasteiger partial charge on any atom is -0.396 e. The number of imide groups is 1. The van der Waals surface area contributed by atoms with Crippen LogP contribution in [0, 0.1) is 11.3 Å². The van der Waals surface area contributed by atoms with Gasteiger partial charge in [-0.25, -0.2) is 0 Å². The number of aliphatic hydroxyl groups excluding tert-OH is 1. The number of carbonyl (C=O) groups excluding carboxylic acids is 2. The average Bonchev–Trinajstić information content (AvgIpc) is 2.58. The highest BCUT2D eigenvalue weighted by Crippen LogP contribution is 2.45. The fourth-order valence-electron chi connectivity index (χ4n) is 3.84. The van der Waals surface area contributed by atoms with E-state index in [2.05, 4.69) is 0 Å². The zero-order valence-electron chi connectivity index (χ0n) is 12.7. The van der Waals surface area contributed by atoms with Gasteiger partial charge >= 0.3 is 0 Å². The fraction of sp³-hybridized carbons (Fsp3) is 0.875. The summed E-state index contributed by atoms with van der Waals surface area (Å²) in [6.07, 6.45) is 7.06. The minimum absolute atomic E-state index is 0.0207. The molecule has 1 saturated heterocycles. The van der Waals surface area contributed by atoms with Crippen molar-refractivity contribution < 1.29 is 14.7 Å². The molecule has 0 bridgehead atoms. The van der Waals surface area contributed by atoms with Crippen molar-refractivity contribution in [3.05, 3.63) is 0 Å². The lowest BCUT2D eigenvalue weighted by Crippen LogP contribution is -2.45. The maximum Gasteiger partial charge on any atom is 0.236 e. The summed E-state index contributed by atoms with van der Waals surface area (Å²) in [4.78, 5) is 26.8. The highest BCUT2D eigenvalue weighted by molar-refractivity contribution is 6.06. The van der Waals surface area contributed by atoms with Gasteiger partial charge in [0.25, 0.3) is 0 Å². The van der Waals surface area contributed by atoms with Crippen molar-refractivity contribution in [3.63, 3.8) is 0 Å². The monoisotopic (exact) mass is 281 g/mol. The van der Waals surface area contributed by atoms with Gasteiger partial charge in [-0.2, -0.15) is 0 Å². The van der Waals surface area contributed by atoms with Crippen LogP contribution in [-0.4, -0.2) is 34.5 Å². The Bertz CT molecular complexity index is 370. The van der Waals surface area contributed by atoms with E-state index >= 15 is 0 Å². The molecule has 0 aromatic carbocycles. The molecule has 1 spiro atoms. The van der Waals surface area contributed by atoms with Gasteiger partial charge in [0.15, 0.2) is 0 Å². The predicted octanol–water partition coefficient (Wildman–Crippen LogP) is 2.49. The number of hydrogen-bond acceptors (Lipinski definition) is 3. The van der Waals surface area contributed by atoms with Crippen molar-refractivity contribution in [1.29, 1.82) is 0 Å². The Morgan fingerprint density at radius 1 is 1.15 bits per heavy atom. The van der Waals surface area contributed by atoms with Crippen LogP contribution in [0.15, 0.2) is 0 Å². The maximum atomic E-state index is 12.9. The van der Waals surface area contributed by atoms with Crippen LogP contribution in [0.4, 0.5) is 0 Å². The van der Waals surface area contributed by atoms with Gasteiger partial charge in [-0.05, 0) is 25.2 Å². The van der Waals surface area contributed by atoms with Gasteiger partial charge < -0.3 is 5.11 Å². The Morgan fingerprint density at radius 2 is 1.75 bits per heavy atom. The van der Waals surface area contributed by atoms with E-state index in [1.165, 1.54) is 17.7 Å². The normalized spacial score (nSPS) is 24.5. The molecule has 2 aliphatic rings. The van der Waals surface area contributed by atoms with Gasteiger partial charge in [-0.15, -0.1) is 0 Å². The van der Waals surface area contributed by atoms with E-state index in [9.17, 15) is 14.7 Å². The van der Waals surface area contributed by atoms with E-state index in [1.54, 1.807) is 0 Å². The van der Waals surface area contributed by atoms with E-state index in [4.69, 9.17) is 0 Å². The van der Waals surface area contributed by atoms with E-state index in [-0.39, 0.29) is 30.4 Å². The summed E-state index contributed by atoms with van der Waals surface area (Å²) in [5, 5.41) is 9.22. The largest absolute Gasteiger partial charge is 0.396 e. The number of hydrogen-bond donors (Lipinski definition) is 1. The topological polar surface area (TPSA) is 57.6 Å². The summed E-state index contributed by atoms with van der Waals surface area (Å²) >= 11 is 0. The van der Waals surface area contributed by atoms with E-state index < -0.39 is 5.41 Å². The zero-order chi connectivity index (χ0) is 14.8. The minimum atomic E-state index is -0.420. The van der Waals surface area contributed by atoms with E-state index in [0.717, 1.165) is 25.7 Å². The molecular formula is C16H27NO3. The van der Waals surface area contributed by atoms with Crippen molar-refractivity contribution in [2.24, 2.45) is 11.3 Å². The second-order valence-corrected chi connectivity index (χ2v) is 6.76. The SMILES string of the molecule is CC(C)C(CCO)N1C(=O)CC2(CCCCCC2)C1=O. The van der Waals surface area contributed by atoms with Crippen LogP contribution in [0.25, 0.3) is 0 Å². The molecule has 2 fully saturated rings. The van der Waals surface area contributed by atoms with Crippen molar-refractivity contribution in [2.45, 2.75) is 71.3 Å². The van der Waals surface area contributed by atoms with Crippen LogP contribution >= 0.6 is 0 Å². The molecule has 2 amide bonds. The second-order valence-electron chi connectivity index (χ2n) is 6.76. The molecule has 1 heterocycles. The maximum absolute atomic E-state index is 12.9. The third-order valence-corrected chi connectivity index (χ3v) is 5.02. The first-order valence-corrected chi connectivity index (χ1v) is 7.99. The molecule has 1 aliphatic carbocycles. The fourth-order valence-corrected chi connectivity index (χ4v) is 3.84. The average molecular weight is 281 g/mol. The van der Waals surface area contributed by atoms with E-state index in [0.29, 0.717) is 12.8 Å². The second kappa shape index (κ2) is 6.25. The Hall–Kier alpha value is -0.900. The molecule has 0 aromatic rings. The first kappa shape index (κ1) is 15.5. The summed E-state index contributed by atoms with van der Waals surface area (Å²) < 4.78 is 0. The molecule has 1 N–H and O–H groups in total. The highest BCUT2D eigenvalue weighted by Gasteiger charge is 2.52. The molecular weight excluding hydrogens is 254 g/mol. The molecule has 1 atom stereocenters. The standard InChI is InChI=1S/C16H27NO3/c1-12(2)13(7-10-18)17-14(19)11-16(15(17)20)8-5-3-4-6-9-16/h12-13,18H,3-11H2,1-2H3. The molecule has 0 aromatic heterocycles. The van der Waals surface area contributed by atoms with Crippen LogP contribution in [-0.2, 0) is 9.59 Å². The first-order chi connectivity index (χ1) is 9.52. The Kier molecular flexibility index (Phi) is 4.84. The number of nitrogens with zero attached hydrogens (tertiary/aromatic N) is 1. The van der Waals surface area contributed by atoms with Crippen LogP contribution < -0.4 is 0 Å². The van der Waals surface area contributed by atoms with Crippen molar-refractivity contribution >= 4 is 11.8 Å². The smallest absolute Gasteiger partial charge is 0.236 e. The number of aliphatic hydroxyl groups is 1. The third kappa shape index (κ3) is 2.76. The number of carbonyl (C=O) groups is 2. The van der Waals surface area contributed by atoms with Crippen LogP contribution in [0.3, 0.4) is 0 Å². The Balaban J connectivity index is 2.22. The zero-order valence-corrected chi connectivity index (χ0v) is 12.7. The van der Waals surface area contributed by atoms with Crippen molar-refractivity contribution in [1.82, 2.24) is 4.90 Å². The third-order valence-electron chi connectivity index (χ3n) is 5.02. The van der Waals surface area contributed by atoms with Gasteiger partial charge in [-0.1, -0.05) is 39.5 Å². The van der Waals surface area contributed by atoms with Crippen molar-refractivity contribution in [2.75, 3.05) is 6.61 Å². The van der Waals surface area contributed by atoms with Gasteiger partial charge in [-0.3, -0.25) is 14.5 Å². The number of amides is 2. The summed E-state index contributed by atoms with van der Waals surface area (Å²) in [7, 11) is 0. The quantitative estimate of drug-likeness (QED) is 0.805. The Morgan fingerprint density at radius 3 is 2.25 bits per heavy atom. The number of likely N-dealkylation sites (tertiary alicyclic amines) is 1.